The van der Waals surface area contributed by atoms with Crippen LogP contribution >= 0.6 is 0 Å². The van der Waals surface area contributed by atoms with Gasteiger partial charge >= 0.3 is 0 Å². The van der Waals surface area contributed by atoms with Crippen LogP contribution in [0.25, 0.3) is 0 Å². The molecule has 0 bridgehead atoms. The van der Waals surface area contributed by atoms with Gasteiger partial charge in [-0.1, -0.05) is 0 Å². The van der Waals surface area contributed by atoms with Gasteiger partial charge in [-0.3, -0.25) is 0 Å². The molecule has 0 unspecified atom stereocenters. The van der Waals surface area contributed by atoms with E-state index in [4.69, 9.17) is 5.73 Å². The van der Waals surface area contributed by atoms with E-state index in [9.17, 15) is 17.2 Å². The molecule has 66 valence electrons. The fourth-order valence-electron chi connectivity index (χ4n) is 1.17. The van der Waals surface area contributed by atoms with Crippen LogP contribution in [0.1, 0.15) is 0 Å². The van der Waals surface area contributed by atoms with Gasteiger partial charge < -0.3 is 5.73 Å². The number of sulfone groups is 1. The lowest BCUT2D eigenvalue weighted by atomic mass is 9.93. The van der Waals surface area contributed by atoms with Gasteiger partial charge in [-0.2, -0.15) is 0 Å². The molecule has 0 radical (unpaired) electrons. The molecule has 11 heavy (non-hydrogen) atoms. The van der Waals surface area contributed by atoms with E-state index in [1.165, 1.54) is 0 Å². The minimum absolute atomic E-state index is 0.260. The lowest BCUT2D eigenvalue weighted by Gasteiger charge is -2.38. The molecule has 0 amide bonds. The van der Waals surface area contributed by atoms with Gasteiger partial charge in [0.25, 0.3) is 0 Å². The van der Waals surface area contributed by atoms with E-state index < -0.39 is 33.2 Å². The van der Waals surface area contributed by atoms with Crippen molar-refractivity contribution in [2.45, 2.75) is 6.43 Å². The maximum Gasteiger partial charge on any atom is 0.247 e. The van der Waals surface area contributed by atoms with Crippen molar-refractivity contribution in [2.75, 3.05) is 18.1 Å². The average Bonchev–Trinajstić information content (AvgIpc) is 1.81. The Bertz CT molecular complexity index is 237. The van der Waals surface area contributed by atoms with Gasteiger partial charge in [0.2, 0.25) is 6.43 Å². The van der Waals surface area contributed by atoms with Crippen molar-refractivity contribution in [3.63, 3.8) is 0 Å². The molecule has 0 saturated carbocycles. The van der Waals surface area contributed by atoms with E-state index in [1.807, 2.05) is 0 Å². The maximum atomic E-state index is 12.1. The predicted molar refractivity (Wildman–Crippen MR) is 36.1 cm³/mol. The molecule has 1 heterocycles. The van der Waals surface area contributed by atoms with Crippen LogP contribution < -0.4 is 5.73 Å². The Hall–Kier alpha value is -0.230. The number of hydrogen-bond donors (Lipinski definition) is 1. The van der Waals surface area contributed by atoms with Crippen molar-refractivity contribution in [3.8, 4) is 0 Å². The zero-order valence-corrected chi connectivity index (χ0v) is 6.57. The van der Waals surface area contributed by atoms with Gasteiger partial charge in [-0.25, -0.2) is 17.2 Å². The minimum Gasteiger partial charge on any atom is -0.330 e. The first kappa shape index (κ1) is 8.86. The van der Waals surface area contributed by atoms with Crippen molar-refractivity contribution in [2.24, 2.45) is 11.1 Å². The van der Waals surface area contributed by atoms with E-state index >= 15 is 0 Å². The summed E-state index contributed by atoms with van der Waals surface area (Å²) in [4.78, 5) is 0. The standard InChI is InChI=1S/C5H9F2NO2S/c6-4(7)5(1-8)2-11(9,10)3-5/h4H,1-3,8H2. The summed E-state index contributed by atoms with van der Waals surface area (Å²) >= 11 is 0. The lowest BCUT2D eigenvalue weighted by Crippen LogP contribution is -2.57. The third-order valence-electron chi connectivity index (χ3n) is 1.88. The van der Waals surface area contributed by atoms with Crippen molar-refractivity contribution in [1.82, 2.24) is 0 Å². The van der Waals surface area contributed by atoms with Gasteiger partial charge in [0.05, 0.1) is 16.9 Å². The van der Waals surface area contributed by atoms with Crippen LogP contribution in [0.2, 0.25) is 0 Å². The van der Waals surface area contributed by atoms with Crippen LogP contribution in [-0.4, -0.2) is 32.9 Å². The first-order valence-electron chi connectivity index (χ1n) is 3.10. The number of hydrogen-bond acceptors (Lipinski definition) is 3. The molecule has 1 saturated heterocycles. The van der Waals surface area contributed by atoms with Crippen molar-refractivity contribution in [1.29, 1.82) is 0 Å². The molecule has 1 aliphatic heterocycles. The highest BCUT2D eigenvalue weighted by atomic mass is 32.2. The summed E-state index contributed by atoms with van der Waals surface area (Å²) in [7, 11) is -3.21. The van der Waals surface area contributed by atoms with Crippen LogP contribution in [0.15, 0.2) is 0 Å². The van der Waals surface area contributed by atoms with Gasteiger partial charge in [-0.05, 0) is 0 Å². The van der Waals surface area contributed by atoms with Crippen LogP contribution in [0.5, 0.6) is 0 Å². The Morgan fingerprint density at radius 3 is 2.00 bits per heavy atom. The molecule has 1 rings (SSSR count). The molecular formula is C5H9F2NO2S. The molecule has 6 heteroatoms. The Morgan fingerprint density at radius 1 is 1.45 bits per heavy atom. The number of halogens is 2. The normalized spacial score (nSPS) is 26.5. The minimum atomic E-state index is -3.21. The summed E-state index contributed by atoms with van der Waals surface area (Å²) in [6.45, 7) is -0.260. The third-order valence-corrected chi connectivity index (χ3v) is 3.91. The average molecular weight is 185 g/mol. The predicted octanol–water partition coefficient (Wildman–Crippen LogP) is -0.375. The molecule has 0 spiro atoms. The Kier molecular flexibility index (Phi) is 1.92. The number of nitrogens with two attached hydrogens (primary N) is 1. The molecule has 1 aliphatic rings. The summed E-state index contributed by atoms with van der Waals surface area (Å²) in [6.07, 6.45) is -2.63. The van der Waals surface area contributed by atoms with Crippen molar-refractivity contribution >= 4 is 9.84 Å². The van der Waals surface area contributed by atoms with Gasteiger partial charge in [0, 0.05) is 6.54 Å². The zero-order valence-electron chi connectivity index (χ0n) is 5.76. The fourth-order valence-corrected chi connectivity index (χ4v) is 3.32. The van der Waals surface area contributed by atoms with Gasteiger partial charge in [0.15, 0.2) is 9.84 Å². The number of rotatable bonds is 2. The van der Waals surface area contributed by atoms with Gasteiger partial charge in [0.1, 0.15) is 0 Å². The van der Waals surface area contributed by atoms with Crippen molar-refractivity contribution in [3.05, 3.63) is 0 Å². The van der Waals surface area contributed by atoms with Crippen LogP contribution in [-0.2, 0) is 9.84 Å². The zero-order chi connectivity index (χ0) is 8.70. The van der Waals surface area contributed by atoms with E-state index in [0.29, 0.717) is 0 Å². The van der Waals surface area contributed by atoms with E-state index in [2.05, 4.69) is 0 Å². The molecule has 0 atom stereocenters. The Labute approximate surface area is 63.5 Å². The fraction of sp³-hybridized carbons (Fsp3) is 1.00. The summed E-state index contributed by atoms with van der Waals surface area (Å²) < 4.78 is 45.4. The second-order valence-corrected chi connectivity index (χ2v) is 4.96. The van der Waals surface area contributed by atoms with E-state index in [-0.39, 0.29) is 6.54 Å². The molecule has 1 fully saturated rings. The molecule has 3 nitrogen and oxygen atoms in total. The summed E-state index contributed by atoms with van der Waals surface area (Å²) in [6, 6.07) is 0. The highest BCUT2D eigenvalue weighted by Gasteiger charge is 2.54. The molecule has 2 N–H and O–H groups in total. The second kappa shape index (κ2) is 2.38. The first-order valence-corrected chi connectivity index (χ1v) is 4.93. The number of alkyl halides is 2. The second-order valence-electron chi connectivity index (χ2n) is 2.90. The molecule has 0 aromatic carbocycles. The maximum absolute atomic E-state index is 12.1. The quantitative estimate of drug-likeness (QED) is 0.638. The third kappa shape index (κ3) is 1.37. The monoisotopic (exact) mass is 185 g/mol. The summed E-state index contributed by atoms with van der Waals surface area (Å²) in [5.74, 6) is -0.928. The van der Waals surface area contributed by atoms with Gasteiger partial charge in [-0.15, -0.1) is 0 Å². The van der Waals surface area contributed by atoms with Crippen LogP contribution in [0.3, 0.4) is 0 Å². The SMILES string of the molecule is NCC1(C(F)F)CS(=O)(=O)C1. The highest BCUT2D eigenvalue weighted by Crippen LogP contribution is 2.37. The van der Waals surface area contributed by atoms with Crippen LogP contribution in [0.4, 0.5) is 8.78 Å². The molecule has 0 aliphatic carbocycles. The lowest BCUT2D eigenvalue weighted by molar-refractivity contribution is 0.0205. The van der Waals surface area contributed by atoms with E-state index in [1.54, 1.807) is 0 Å². The molecule has 0 aromatic heterocycles. The first-order chi connectivity index (χ1) is 4.92. The summed E-state index contributed by atoms with van der Waals surface area (Å²) in [5.41, 5.74) is 3.60. The van der Waals surface area contributed by atoms with E-state index in [0.717, 1.165) is 0 Å². The van der Waals surface area contributed by atoms with Crippen LogP contribution in [0, 0.1) is 5.41 Å². The largest absolute Gasteiger partial charge is 0.330 e. The highest BCUT2D eigenvalue weighted by molar-refractivity contribution is 7.92. The Morgan fingerprint density at radius 2 is 1.91 bits per heavy atom. The molecule has 0 aromatic rings. The van der Waals surface area contributed by atoms with Crippen molar-refractivity contribution < 1.29 is 17.2 Å². The summed E-state index contributed by atoms with van der Waals surface area (Å²) in [5, 5.41) is 0. The smallest absolute Gasteiger partial charge is 0.247 e. The molecular weight excluding hydrogens is 176 g/mol. The topological polar surface area (TPSA) is 60.2 Å². The Balaban J connectivity index is 2.72.